The lowest BCUT2D eigenvalue weighted by molar-refractivity contribution is 0.169. The summed E-state index contributed by atoms with van der Waals surface area (Å²) in [5, 5.41) is 0. The second kappa shape index (κ2) is 5.35. The average Bonchev–Trinajstić information content (AvgIpc) is 2.55. The van der Waals surface area contributed by atoms with Gasteiger partial charge in [-0.3, -0.25) is 4.90 Å². The van der Waals surface area contributed by atoms with Gasteiger partial charge in [0.05, 0.1) is 0 Å². The SMILES string of the molecule is CC(C)N(CCC1C=CC=C1)C(C)C. The minimum absolute atomic E-state index is 0.657. The molecule has 0 aromatic carbocycles. The molecule has 80 valence electrons. The Balaban J connectivity index is 2.33. The van der Waals surface area contributed by atoms with E-state index in [0.717, 1.165) is 0 Å². The first-order chi connectivity index (χ1) is 6.61. The maximum absolute atomic E-state index is 2.56. The summed E-state index contributed by atoms with van der Waals surface area (Å²) in [5.74, 6) is 0.676. The molecule has 1 nitrogen and oxygen atoms in total. The Hall–Kier alpha value is -0.560. The number of rotatable bonds is 5. The van der Waals surface area contributed by atoms with Crippen molar-refractivity contribution in [1.82, 2.24) is 4.90 Å². The zero-order valence-corrected chi connectivity index (χ0v) is 9.90. The summed E-state index contributed by atoms with van der Waals surface area (Å²) in [4.78, 5) is 2.56. The van der Waals surface area contributed by atoms with Crippen molar-refractivity contribution < 1.29 is 0 Å². The molecule has 0 radical (unpaired) electrons. The summed E-state index contributed by atoms with van der Waals surface area (Å²) in [6, 6.07) is 1.31. The molecule has 0 aliphatic heterocycles. The molecule has 1 aliphatic rings. The van der Waals surface area contributed by atoms with Crippen molar-refractivity contribution in [3.05, 3.63) is 24.3 Å². The van der Waals surface area contributed by atoms with E-state index in [9.17, 15) is 0 Å². The van der Waals surface area contributed by atoms with Crippen molar-refractivity contribution >= 4 is 0 Å². The number of nitrogens with zero attached hydrogens (tertiary/aromatic N) is 1. The maximum Gasteiger partial charge on any atom is 0.00412 e. The molecule has 0 unspecified atom stereocenters. The van der Waals surface area contributed by atoms with Gasteiger partial charge in [0.1, 0.15) is 0 Å². The predicted octanol–water partition coefficient (Wildman–Crippen LogP) is 3.24. The van der Waals surface area contributed by atoms with E-state index >= 15 is 0 Å². The summed E-state index contributed by atoms with van der Waals surface area (Å²) in [6.45, 7) is 10.3. The van der Waals surface area contributed by atoms with Crippen molar-refractivity contribution in [1.29, 1.82) is 0 Å². The van der Waals surface area contributed by atoms with Crippen LogP contribution in [-0.4, -0.2) is 23.5 Å². The smallest absolute Gasteiger partial charge is 0.00412 e. The van der Waals surface area contributed by atoms with Gasteiger partial charge in [-0.1, -0.05) is 24.3 Å². The Morgan fingerprint density at radius 2 is 1.50 bits per heavy atom. The van der Waals surface area contributed by atoms with Gasteiger partial charge in [-0.2, -0.15) is 0 Å². The molecule has 0 atom stereocenters. The van der Waals surface area contributed by atoms with Gasteiger partial charge in [0.25, 0.3) is 0 Å². The van der Waals surface area contributed by atoms with Crippen LogP contribution in [0, 0.1) is 5.92 Å². The first-order valence-electron chi connectivity index (χ1n) is 5.72. The van der Waals surface area contributed by atoms with Crippen molar-refractivity contribution in [2.24, 2.45) is 5.92 Å². The summed E-state index contributed by atoms with van der Waals surface area (Å²) >= 11 is 0. The van der Waals surface area contributed by atoms with Crippen LogP contribution in [0.2, 0.25) is 0 Å². The predicted molar refractivity (Wildman–Crippen MR) is 63.4 cm³/mol. The lowest BCUT2D eigenvalue weighted by Crippen LogP contribution is -2.38. The van der Waals surface area contributed by atoms with E-state index in [1.54, 1.807) is 0 Å². The molecule has 0 N–H and O–H groups in total. The van der Waals surface area contributed by atoms with Gasteiger partial charge in [0.2, 0.25) is 0 Å². The molecule has 0 saturated heterocycles. The van der Waals surface area contributed by atoms with Crippen LogP contribution in [-0.2, 0) is 0 Å². The van der Waals surface area contributed by atoms with Crippen LogP contribution in [0.25, 0.3) is 0 Å². The van der Waals surface area contributed by atoms with Crippen LogP contribution >= 0.6 is 0 Å². The van der Waals surface area contributed by atoms with Crippen molar-refractivity contribution in [3.63, 3.8) is 0 Å². The molecule has 0 amide bonds. The zero-order valence-electron chi connectivity index (χ0n) is 9.90. The largest absolute Gasteiger partial charge is 0.299 e. The second-order valence-electron chi connectivity index (χ2n) is 4.65. The molecule has 1 aliphatic carbocycles. The third-order valence-corrected chi connectivity index (χ3v) is 2.87. The summed E-state index contributed by atoms with van der Waals surface area (Å²) in [6.07, 6.45) is 10.1. The number of hydrogen-bond donors (Lipinski definition) is 0. The van der Waals surface area contributed by atoms with E-state index in [0.29, 0.717) is 18.0 Å². The lowest BCUT2D eigenvalue weighted by atomic mass is 10.1. The normalized spacial score (nSPS) is 16.8. The van der Waals surface area contributed by atoms with Crippen LogP contribution < -0.4 is 0 Å². The number of allylic oxidation sites excluding steroid dienone is 4. The first kappa shape index (κ1) is 11.5. The van der Waals surface area contributed by atoms with Crippen LogP contribution in [0.4, 0.5) is 0 Å². The van der Waals surface area contributed by atoms with Gasteiger partial charge in [-0.05, 0) is 46.6 Å². The van der Waals surface area contributed by atoms with Crippen molar-refractivity contribution in [2.45, 2.75) is 46.2 Å². The Morgan fingerprint density at radius 3 is 1.93 bits per heavy atom. The maximum atomic E-state index is 2.56. The van der Waals surface area contributed by atoms with E-state index in [4.69, 9.17) is 0 Å². The highest BCUT2D eigenvalue weighted by Crippen LogP contribution is 2.15. The van der Waals surface area contributed by atoms with Crippen LogP contribution in [0.1, 0.15) is 34.1 Å². The van der Waals surface area contributed by atoms with Gasteiger partial charge in [-0.25, -0.2) is 0 Å². The Labute approximate surface area is 88.5 Å². The molecule has 0 spiro atoms. The third kappa shape index (κ3) is 3.30. The fourth-order valence-electron chi connectivity index (χ4n) is 2.08. The monoisotopic (exact) mass is 193 g/mol. The molecule has 14 heavy (non-hydrogen) atoms. The van der Waals surface area contributed by atoms with Crippen molar-refractivity contribution in [2.75, 3.05) is 6.54 Å². The molecule has 0 aromatic heterocycles. The Morgan fingerprint density at radius 1 is 1.00 bits per heavy atom. The average molecular weight is 193 g/mol. The van der Waals surface area contributed by atoms with Crippen molar-refractivity contribution in [3.8, 4) is 0 Å². The van der Waals surface area contributed by atoms with Gasteiger partial charge < -0.3 is 0 Å². The molecule has 1 heteroatoms. The molecular formula is C13H23N. The van der Waals surface area contributed by atoms with Gasteiger partial charge in [0.15, 0.2) is 0 Å². The molecule has 0 heterocycles. The topological polar surface area (TPSA) is 3.24 Å². The Bertz CT molecular complexity index is 193. The van der Waals surface area contributed by atoms with E-state index in [1.165, 1.54) is 13.0 Å². The molecule has 0 fully saturated rings. The van der Waals surface area contributed by atoms with Gasteiger partial charge in [0, 0.05) is 12.1 Å². The standard InChI is InChI=1S/C13H23N/c1-11(2)14(12(3)4)10-9-13-7-5-6-8-13/h5-8,11-13H,9-10H2,1-4H3. The molecule has 0 saturated carbocycles. The highest BCUT2D eigenvalue weighted by Gasteiger charge is 2.14. The summed E-state index contributed by atoms with van der Waals surface area (Å²) < 4.78 is 0. The van der Waals surface area contributed by atoms with Crippen LogP contribution in [0.3, 0.4) is 0 Å². The fourth-order valence-corrected chi connectivity index (χ4v) is 2.08. The number of hydrogen-bond acceptors (Lipinski definition) is 1. The fraction of sp³-hybridized carbons (Fsp3) is 0.692. The highest BCUT2D eigenvalue weighted by molar-refractivity contribution is 5.17. The molecule has 1 rings (SSSR count). The van der Waals surface area contributed by atoms with E-state index in [2.05, 4.69) is 56.9 Å². The zero-order chi connectivity index (χ0) is 10.6. The molecule has 0 aromatic rings. The lowest BCUT2D eigenvalue weighted by Gasteiger charge is -2.31. The quantitative estimate of drug-likeness (QED) is 0.648. The minimum Gasteiger partial charge on any atom is -0.299 e. The third-order valence-electron chi connectivity index (χ3n) is 2.87. The summed E-state index contributed by atoms with van der Waals surface area (Å²) in [7, 11) is 0. The summed E-state index contributed by atoms with van der Waals surface area (Å²) in [5.41, 5.74) is 0. The van der Waals surface area contributed by atoms with Crippen LogP contribution in [0.5, 0.6) is 0 Å². The Kier molecular flexibility index (Phi) is 4.40. The minimum atomic E-state index is 0.657. The van der Waals surface area contributed by atoms with E-state index in [-0.39, 0.29) is 0 Å². The molecular weight excluding hydrogens is 170 g/mol. The van der Waals surface area contributed by atoms with Gasteiger partial charge >= 0.3 is 0 Å². The van der Waals surface area contributed by atoms with E-state index < -0.39 is 0 Å². The van der Waals surface area contributed by atoms with Gasteiger partial charge in [-0.15, -0.1) is 0 Å². The molecule has 0 bridgehead atoms. The van der Waals surface area contributed by atoms with E-state index in [1.807, 2.05) is 0 Å². The highest BCUT2D eigenvalue weighted by atomic mass is 15.2. The second-order valence-corrected chi connectivity index (χ2v) is 4.65. The van der Waals surface area contributed by atoms with Crippen LogP contribution in [0.15, 0.2) is 24.3 Å². The first-order valence-corrected chi connectivity index (χ1v) is 5.72.